The SMILES string of the molecule is NCC1(CNC(=O)c2c(O)cccc2F)CCCC1. The summed E-state index contributed by atoms with van der Waals surface area (Å²) in [6, 6.07) is 3.81. The van der Waals surface area contributed by atoms with Crippen molar-refractivity contribution < 1.29 is 14.3 Å². The van der Waals surface area contributed by atoms with Crippen LogP contribution in [-0.4, -0.2) is 24.1 Å². The van der Waals surface area contributed by atoms with E-state index >= 15 is 0 Å². The van der Waals surface area contributed by atoms with Crippen LogP contribution in [0.15, 0.2) is 18.2 Å². The summed E-state index contributed by atoms with van der Waals surface area (Å²) < 4.78 is 13.5. The maximum Gasteiger partial charge on any atom is 0.258 e. The van der Waals surface area contributed by atoms with Crippen molar-refractivity contribution in [2.75, 3.05) is 13.1 Å². The molecule has 0 saturated heterocycles. The minimum Gasteiger partial charge on any atom is -0.507 e. The lowest BCUT2D eigenvalue weighted by Crippen LogP contribution is -2.40. The molecule has 1 saturated carbocycles. The van der Waals surface area contributed by atoms with Gasteiger partial charge in [-0.2, -0.15) is 0 Å². The molecule has 0 radical (unpaired) electrons. The molecular weight excluding hydrogens is 247 g/mol. The Hall–Kier alpha value is -1.62. The summed E-state index contributed by atoms with van der Waals surface area (Å²) in [6.45, 7) is 0.937. The van der Waals surface area contributed by atoms with Gasteiger partial charge < -0.3 is 16.2 Å². The monoisotopic (exact) mass is 266 g/mol. The molecule has 1 fully saturated rings. The van der Waals surface area contributed by atoms with Crippen LogP contribution in [0.2, 0.25) is 0 Å². The van der Waals surface area contributed by atoms with E-state index in [9.17, 15) is 14.3 Å². The summed E-state index contributed by atoms with van der Waals surface area (Å²) >= 11 is 0. The number of carbonyl (C=O) groups is 1. The molecule has 0 heterocycles. The summed E-state index contributed by atoms with van der Waals surface area (Å²) in [6.07, 6.45) is 4.18. The predicted molar refractivity (Wildman–Crippen MR) is 70.4 cm³/mol. The largest absolute Gasteiger partial charge is 0.507 e. The number of benzene rings is 1. The van der Waals surface area contributed by atoms with Gasteiger partial charge in [-0.1, -0.05) is 18.9 Å². The highest BCUT2D eigenvalue weighted by Gasteiger charge is 2.33. The molecule has 1 aromatic rings. The first-order valence-corrected chi connectivity index (χ1v) is 6.54. The zero-order valence-electron chi connectivity index (χ0n) is 10.8. The quantitative estimate of drug-likeness (QED) is 0.777. The van der Waals surface area contributed by atoms with Gasteiger partial charge in [0.2, 0.25) is 0 Å². The molecule has 4 nitrogen and oxygen atoms in total. The first kappa shape index (κ1) is 13.8. The fourth-order valence-electron chi connectivity index (χ4n) is 2.67. The first-order valence-electron chi connectivity index (χ1n) is 6.54. The van der Waals surface area contributed by atoms with Crippen LogP contribution in [0.4, 0.5) is 4.39 Å². The summed E-state index contributed by atoms with van der Waals surface area (Å²) in [5.74, 6) is -1.65. The van der Waals surface area contributed by atoms with Crippen LogP contribution in [0.5, 0.6) is 5.75 Å². The standard InChI is InChI=1S/C14H19FN2O2/c15-10-4-3-5-11(18)12(10)13(19)17-9-14(8-16)6-1-2-7-14/h3-5,18H,1-2,6-9,16H2,(H,17,19). The molecule has 1 aliphatic rings. The normalized spacial score (nSPS) is 17.4. The number of amides is 1. The van der Waals surface area contributed by atoms with Gasteiger partial charge in [-0.25, -0.2) is 4.39 Å². The average molecular weight is 266 g/mol. The van der Waals surface area contributed by atoms with Crippen LogP contribution in [0.3, 0.4) is 0 Å². The van der Waals surface area contributed by atoms with Crippen molar-refractivity contribution in [3.63, 3.8) is 0 Å². The molecule has 0 unspecified atom stereocenters. The number of carbonyl (C=O) groups excluding carboxylic acids is 1. The predicted octanol–water partition coefficient (Wildman–Crippen LogP) is 1.78. The fraction of sp³-hybridized carbons (Fsp3) is 0.500. The maximum atomic E-state index is 13.5. The summed E-state index contributed by atoms with van der Waals surface area (Å²) in [4.78, 5) is 11.9. The van der Waals surface area contributed by atoms with Gasteiger partial charge >= 0.3 is 0 Å². The lowest BCUT2D eigenvalue weighted by atomic mass is 9.86. The highest BCUT2D eigenvalue weighted by molar-refractivity contribution is 5.97. The van der Waals surface area contributed by atoms with E-state index in [2.05, 4.69) is 5.32 Å². The Morgan fingerprint density at radius 1 is 1.42 bits per heavy atom. The van der Waals surface area contributed by atoms with E-state index in [-0.39, 0.29) is 16.7 Å². The highest BCUT2D eigenvalue weighted by atomic mass is 19.1. The molecule has 0 aliphatic heterocycles. The van der Waals surface area contributed by atoms with Gasteiger partial charge in [-0.15, -0.1) is 0 Å². The van der Waals surface area contributed by atoms with Crippen LogP contribution >= 0.6 is 0 Å². The third-order valence-electron chi connectivity index (χ3n) is 3.94. The van der Waals surface area contributed by atoms with Crippen LogP contribution in [-0.2, 0) is 0 Å². The number of rotatable bonds is 4. The Morgan fingerprint density at radius 2 is 2.11 bits per heavy atom. The molecule has 0 aromatic heterocycles. The number of halogens is 1. The third kappa shape index (κ3) is 2.87. The van der Waals surface area contributed by atoms with Crippen LogP contribution in [0.1, 0.15) is 36.0 Å². The summed E-state index contributed by atoms with van der Waals surface area (Å²) in [7, 11) is 0. The van der Waals surface area contributed by atoms with Crippen LogP contribution in [0.25, 0.3) is 0 Å². The molecule has 104 valence electrons. The van der Waals surface area contributed by atoms with Crippen molar-refractivity contribution in [1.29, 1.82) is 0 Å². The maximum absolute atomic E-state index is 13.5. The van der Waals surface area contributed by atoms with Gasteiger partial charge in [-0.3, -0.25) is 4.79 Å². The number of nitrogens with two attached hydrogens (primary N) is 1. The molecule has 2 rings (SSSR count). The molecular formula is C14H19FN2O2. The average Bonchev–Trinajstić information content (AvgIpc) is 2.86. The van der Waals surface area contributed by atoms with Gasteiger partial charge in [0.1, 0.15) is 17.1 Å². The topological polar surface area (TPSA) is 75.3 Å². The number of phenols is 1. The van der Waals surface area contributed by atoms with Crippen LogP contribution < -0.4 is 11.1 Å². The molecule has 1 aliphatic carbocycles. The second-order valence-corrected chi connectivity index (χ2v) is 5.23. The zero-order chi connectivity index (χ0) is 13.9. The van der Waals surface area contributed by atoms with Crippen molar-refractivity contribution in [2.45, 2.75) is 25.7 Å². The summed E-state index contributed by atoms with van der Waals surface area (Å²) in [5, 5.41) is 12.2. The Kier molecular flexibility index (Phi) is 4.04. The lowest BCUT2D eigenvalue weighted by molar-refractivity contribution is 0.0925. The van der Waals surface area contributed by atoms with E-state index in [0.29, 0.717) is 13.1 Å². The molecule has 1 amide bonds. The van der Waals surface area contributed by atoms with Crippen molar-refractivity contribution in [3.8, 4) is 5.75 Å². The molecule has 4 N–H and O–H groups in total. The first-order chi connectivity index (χ1) is 9.08. The van der Waals surface area contributed by atoms with Gasteiger partial charge in [0, 0.05) is 6.54 Å². The van der Waals surface area contributed by atoms with Gasteiger partial charge in [-0.05, 0) is 36.9 Å². The van der Waals surface area contributed by atoms with Gasteiger partial charge in [0.05, 0.1) is 0 Å². The second kappa shape index (κ2) is 5.57. The van der Waals surface area contributed by atoms with Crippen molar-refractivity contribution >= 4 is 5.91 Å². The Bertz CT molecular complexity index is 450. The minimum atomic E-state index is -0.717. The van der Waals surface area contributed by atoms with Crippen molar-refractivity contribution in [2.24, 2.45) is 11.1 Å². The Morgan fingerprint density at radius 3 is 2.68 bits per heavy atom. The van der Waals surface area contributed by atoms with E-state index in [0.717, 1.165) is 31.7 Å². The molecule has 0 atom stereocenters. The van der Waals surface area contributed by atoms with Gasteiger partial charge in [0.15, 0.2) is 0 Å². The highest BCUT2D eigenvalue weighted by Crippen LogP contribution is 2.36. The second-order valence-electron chi connectivity index (χ2n) is 5.23. The fourth-order valence-corrected chi connectivity index (χ4v) is 2.67. The molecule has 0 spiro atoms. The lowest BCUT2D eigenvalue weighted by Gasteiger charge is -2.27. The molecule has 5 heteroatoms. The molecule has 19 heavy (non-hydrogen) atoms. The Balaban J connectivity index is 2.05. The smallest absolute Gasteiger partial charge is 0.258 e. The minimum absolute atomic E-state index is 0.0729. The Labute approximate surface area is 111 Å². The molecule has 1 aromatic carbocycles. The van der Waals surface area contributed by atoms with E-state index in [4.69, 9.17) is 5.73 Å². The third-order valence-corrected chi connectivity index (χ3v) is 3.94. The van der Waals surface area contributed by atoms with Gasteiger partial charge in [0.25, 0.3) is 5.91 Å². The van der Waals surface area contributed by atoms with Crippen molar-refractivity contribution in [1.82, 2.24) is 5.32 Å². The van der Waals surface area contributed by atoms with E-state index in [1.807, 2.05) is 0 Å². The molecule has 0 bridgehead atoms. The van der Waals surface area contributed by atoms with Crippen molar-refractivity contribution in [3.05, 3.63) is 29.6 Å². The van der Waals surface area contributed by atoms with E-state index < -0.39 is 11.7 Å². The number of phenolic OH excluding ortho intramolecular Hbond substituents is 1. The number of hydrogen-bond donors (Lipinski definition) is 3. The number of hydrogen-bond acceptors (Lipinski definition) is 3. The number of aromatic hydroxyl groups is 1. The summed E-state index contributed by atoms with van der Waals surface area (Å²) in [5.41, 5.74) is 5.41. The van der Waals surface area contributed by atoms with E-state index in [1.165, 1.54) is 12.1 Å². The van der Waals surface area contributed by atoms with Crippen LogP contribution in [0, 0.1) is 11.2 Å². The zero-order valence-corrected chi connectivity index (χ0v) is 10.8. The van der Waals surface area contributed by atoms with E-state index in [1.54, 1.807) is 0 Å². The number of nitrogens with one attached hydrogen (secondary N) is 1.